The molecule has 1 aromatic carbocycles. The Morgan fingerprint density at radius 2 is 2.12 bits per heavy atom. The first kappa shape index (κ1) is 16.8. The van der Waals surface area contributed by atoms with Crippen molar-refractivity contribution in [3.8, 4) is 0 Å². The van der Waals surface area contributed by atoms with Gasteiger partial charge >= 0.3 is 6.03 Å². The topological polar surface area (TPSA) is 55.8 Å². The predicted molar refractivity (Wildman–Crippen MR) is 98.9 cm³/mol. The summed E-state index contributed by atoms with van der Waals surface area (Å²) < 4.78 is 0. The molecule has 2 aromatic rings. The number of hydrogen-bond donors (Lipinski definition) is 2. The number of carbonyl (C=O) groups is 1. The highest BCUT2D eigenvalue weighted by Crippen LogP contribution is 2.28. The van der Waals surface area contributed by atoms with Crippen molar-refractivity contribution in [2.75, 3.05) is 36.5 Å². The van der Waals surface area contributed by atoms with E-state index in [0.717, 1.165) is 25.2 Å². The Hall–Kier alpha value is -2.05. The van der Waals surface area contributed by atoms with Crippen LogP contribution in [0.4, 0.5) is 16.2 Å². The zero-order valence-electron chi connectivity index (χ0n) is 13.9. The van der Waals surface area contributed by atoms with Crippen LogP contribution >= 0.6 is 11.3 Å². The van der Waals surface area contributed by atoms with E-state index in [1.807, 2.05) is 30.4 Å². The molecule has 5 nitrogen and oxygen atoms in total. The fourth-order valence-corrected chi connectivity index (χ4v) is 3.84. The summed E-state index contributed by atoms with van der Waals surface area (Å²) in [6.07, 6.45) is 1.10. The van der Waals surface area contributed by atoms with Gasteiger partial charge in [0.25, 0.3) is 0 Å². The number of rotatable bonds is 5. The molecular formula is C18H23N3O2S. The minimum atomic E-state index is -0.180. The van der Waals surface area contributed by atoms with Crippen molar-refractivity contribution in [3.63, 3.8) is 0 Å². The number of nitrogens with zero attached hydrogens (tertiary/aromatic N) is 2. The van der Waals surface area contributed by atoms with Gasteiger partial charge in [0.2, 0.25) is 0 Å². The lowest BCUT2D eigenvalue weighted by atomic mass is 10.1. The first-order valence-corrected chi connectivity index (χ1v) is 9.16. The molecule has 0 spiro atoms. The number of hydrogen-bond acceptors (Lipinski definition) is 4. The second-order valence-corrected chi connectivity index (χ2v) is 6.82. The molecule has 2 heterocycles. The highest BCUT2D eigenvalue weighted by Gasteiger charge is 2.17. The normalized spacial score (nSPS) is 13.5. The Morgan fingerprint density at radius 3 is 2.83 bits per heavy atom. The number of aliphatic hydroxyl groups excluding tert-OH is 1. The lowest BCUT2D eigenvalue weighted by Crippen LogP contribution is -2.36. The number of aliphatic hydroxyl groups is 1. The van der Waals surface area contributed by atoms with Crippen LogP contribution in [-0.2, 0) is 13.0 Å². The van der Waals surface area contributed by atoms with Crippen molar-refractivity contribution in [1.29, 1.82) is 0 Å². The Kier molecular flexibility index (Phi) is 5.37. The number of amides is 2. The molecule has 1 aliphatic heterocycles. The molecule has 2 N–H and O–H groups in total. The van der Waals surface area contributed by atoms with Gasteiger partial charge in [-0.05, 0) is 54.6 Å². The molecule has 0 radical (unpaired) electrons. The van der Waals surface area contributed by atoms with Gasteiger partial charge in [0.15, 0.2) is 0 Å². The molecule has 2 amide bonds. The van der Waals surface area contributed by atoms with Crippen molar-refractivity contribution in [1.82, 2.24) is 4.90 Å². The summed E-state index contributed by atoms with van der Waals surface area (Å²) in [5.41, 5.74) is 3.37. The second-order valence-electron chi connectivity index (χ2n) is 5.82. The fourth-order valence-electron chi connectivity index (χ4n) is 2.95. The van der Waals surface area contributed by atoms with E-state index < -0.39 is 0 Å². The number of anilines is 2. The maximum absolute atomic E-state index is 12.1. The highest BCUT2D eigenvalue weighted by atomic mass is 32.1. The van der Waals surface area contributed by atoms with Crippen molar-refractivity contribution in [2.24, 2.45) is 0 Å². The van der Waals surface area contributed by atoms with Crippen molar-refractivity contribution in [3.05, 3.63) is 46.2 Å². The quantitative estimate of drug-likeness (QED) is 0.875. The molecule has 6 heteroatoms. The Balaban J connectivity index is 1.62. The van der Waals surface area contributed by atoms with E-state index in [0.29, 0.717) is 13.1 Å². The number of fused-ring (bicyclic) bond motifs is 1. The second kappa shape index (κ2) is 7.68. The van der Waals surface area contributed by atoms with Gasteiger partial charge < -0.3 is 20.2 Å². The van der Waals surface area contributed by atoms with Crippen LogP contribution in [0.1, 0.15) is 17.4 Å². The lowest BCUT2D eigenvalue weighted by Gasteiger charge is -2.29. The van der Waals surface area contributed by atoms with E-state index in [1.54, 1.807) is 4.90 Å². The average molecular weight is 345 g/mol. The van der Waals surface area contributed by atoms with E-state index in [1.165, 1.54) is 16.1 Å². The minimum Gasteiger partial charge on any atom is -0.395 e. The monoisotopic (exact) mass is 345 g/mol. The zero-order valence-corrected chi connectivity index (χ0v) is 14.7. The first-order chi connectivity index (χ1) is 11.7. The summed E-state index contributed by atoms with van der Waals surface area (Å²) in [5, 5.41) is 14.0. The van der Waals surface area contributed by atoms with Gasteiger partial charge in [0.1, 0.15) is 0 Å². The minimum absolute atomic E-state index is 0.0280. The summed E-state index contributed by atoms with van der Waals surface area (Å²) in [4.78, 5) is 17.6. The largest absolute Gasteiger partial charge is 0.395 e. The SMILES string of the molecule is CCN(CCO)C(=O)Nc1ccc(N2CCc3sccc3C2)cc1. The average Bonchev–Trinajstić information content (AvgIpc) is 3.08. The molecule has 0 fully saturated rings. The number of thiophene rings is 1. The van der Waals surface area contributed by atoms with Crippen molar-refractivity contribution in [2.45, 2.75) is 19.9 Å². The van der Waals surface area contributed by atoms with Crippen LogP contribution in [0, 0.1) is 0 Å². The third-order valence-electron chi connectivity index (χ3n) is 4.33. The fraction of sp³-hybridized carbons (Fsp3) is 0.389. The van der Waals surface area contributed by atoms with Crippen LogP contribution in [0.5, 0.6) is 0 Å². The van der Waals surface area contributed by atoms with Gasteiger partial charge in [-0.15, -0.1) is 11.3 Å². The Bertz CT molecular complexity index is 684. The van der Waals surface area contributed by atoms with Gasteiger partial charge in [-0.25, -0.2) is 4.79 Å². The van der Waals surface area contributed by atoms with E-state index in [9.17, 15) is 4.79 Å². The summed E-state index contributed by atoms with van der Waals surface area (Å²) in [6, 6.07) is 10.00. The molecule has 1 aliphatic rings. The number of urea groups is 1. The number of carbonyl (C=O) groups excluding carboxylic acids is 1. The van der Waals surface area contributed by atoms with E-state index >= 15 is 0 Å². The standard InChI is InChI=1S/C18H23N3O2S/c1-2-20(10-11-22)18(23)19-15-3-5-16(6-4-15)21-9-7-17-14(13-21)8-12-24-17/h3-6,8,12,22H,2,7,9-11,13H2,1H3,(H,19,23). The maximum Gasteiger partial charge on any atom is 0.321 e. The van der Waals surface area contributed by atoms with Crippen LogP contribution in [0.15, 0.2) is 35.7 Å². The van der Waals surface area contributed by atoms with Gasteiger partial charge in [0.05, 0.1) is 6.61 Å². The lowest BCUT2D eigenvalue weighted by molar-refractivity contribution is 0.192. The molecule has 128 valence electrons. The van der Waals surface area contributed by atoms with Crippen LogP contribution < -0.4 is 10.2 Å². The molecule has 3 rings (SSSR count). The van der Waals surface area contributed by atoms with Crippen molar-refractivity contribution < 1.29 is 9.90 Å². The first-order valence-electron chi connectivity index (χ1n) is 8.28. The molecule has 0 aliphatic carbocycles. The Morgan fingerprint density at radius 1 is 1.33 bits per heavy atom. The van der Waals surface area contributed by atoms with Crippen LogP contribution in [-0.4, -0.2) is 42.3 Å². The van der Waals surface area contributed by atoms with Crippen LogP contribution in [0.2, 0.25) is 0 Å². The summed E-state index contributed by atoms with van der Waals surface area (Å²) >= 11 is 1.84. The number of likely N-dealkylation sites (N-methyl/N-ethyl adjacent to an activating group) is 1. The molecule has 24 heavy (non-hydrogen) atoms. The van der Waals surface area contributed by atoms with Gasteiger partial charge in [0, 0.05) is 42.4 Å². The summed E-state index contributed by atoms with van der Waals surface area (Å²) in [7, 11) is 0. The molecule has 0 saturated carbocycles. The third-order valence-corrected chi connectivity index (χ3v) is 5.35. The zero-order chi connectivity index (χ0) is 16.9. The maximum atomic E-state index is 12.1. The van der Waals surface area contributed by atoms with Gasteiger partial charge in [-0.2, -0.15) is 0 Å². The number of nitrogens with one attached hydrogen (secondary N) is 1. The summed E-state index contributed by atoms with van der Waals surface area (Å²) in [5.74, 6) is 0. The van der Waals surface area contributed by atoms with E-state index in [-0.39, 0.29) is 12.6 Å². The van der Waals surface area contributed by atoms with E-state index in [2.05, 4.69) is 33.8 Å². The highest BCUT2D eigenvalue weighted by molar-refractivity contribution is 7.10. The van der Waals surface area contributed by atoms with Crippen molar-refractivity contribution >= 4 is 28.7 Å². The van der Waals surface area contributed by atoms with Crippen LogP contribution in [0.3, 0.4) is 0 Å². The van der Waals surface area contributed by atoms with Gasteiger partial charge in [-0.1, -0.05) is 0 Å². The molecule has 0 saturated heterocycles. The third kappa shape index (κ3) is 3.71. The Labute approximate surface area is 146 Å². The molecule has 0 unspecified atom stereocenters. The molecule has 0 atom stereocenters. The van der Waals surface area contributed by atoms with E-state index in [4.69, 9.17) is 5.11 Å². The molecule has 0 bridgehead atoms. The number of benzene rings is 1. The van der Waals surface area contributed by atoms with Crippen LogP contribution in [0.25, 0.3) is 0 Å². The predicted octanol–water partition coefficient (Wildman–Crippen LogP) is 3.16. The summed E-state index contributed by atoms with van der Waals surface area (Å²) in [6.45, 7) is 4.76. The van der Waals surface area contributed by atoms with Gasteiger partial charge in [-0.3, -0.25) is 0 Å². The molecule has 1 aromatic heterocycles. The smallest absolute Gasteiger partial charge is 0.321 e. The molecular weight excluding hydrogens is 322 g/mol.